The van der Waals surface area contributed by atoms with Gasteiger partial charge in [-0.15, -0.1) is 0 Å². The third-order valence-corrected chi connectivity index (χ3v) is 12.5. The zero-order valence-corrected chi connectivity index (χ0v) is 28.3. The first-order valence-corrected chi connectivity index (χ1v) is 17.3. The molecule has 4 rings (SSSR count). The van der Waals surface area contributed by atoms with Crippen LogP contribution in [0.4, 0.5) is 0 Å². The fraction of sp³-hybridized carbons (Fsp3) is 0.917. The summed E-state index contributed by atoms with van der Waals surface area (Å²) in [5, 5.41) is 11.7. The first-order chi connectivity index (χ1) is 20.1. The van der Waals surface area contributed by atoms with Crippen molar-refractivity contribution in [1.82, 2.24) is 0 Å². The van der Waals surface area contributed by atoms with E-state index >= 15 is 0 Å². The smallest absolute Gasteiger partial charge is 0.309 e. The van der Waals surface area contributed by atoms with Crippen molar-refractivity contribution in [3.05, 3.63) is 0 Å². The molecular weight excluding hydrogens is 544 g/mol. The molecular formula is C36H60O7. The lowest BCUT2D eigenvalue weighted by atomic mass is 9.43. The lowest BCUT2D eigenvalue weighted by Gasteiger charge is -2.62. The molecule has 0 aliphatic heterocycles. The van der Waals surface area contributed by atoms with Gasteiger partial charge >= 0.3 is 17.9 Å². The van der Waals surface area contributed by atoms with Crippen molar-refractivity contribution in [1.29, 1.82) is 0 Å². The molecule has 246 valence electrons. The van der Waals surface area contributed by atoms with E-state index in [2.05, 4.69) is 20.8 Å². The SMILES string of the molecule is CCC(C)C(=O)OC1CCC2(C)C(C1)CC(O)C1C2CCC2(C)C(C(C)CCC(=O)OCCC(=O)OC(C)(C)C)CCC12. The zero-order chi connectivity index (χ0) is 31.7. The summed E-state index contributed by atoms with van der Waals surface area (Å²) in [4.78, 5) is 36.9. The highest BCUT2D eigenvalue weighted by Gasteiger charge is 2.63. The number of hydrogen-bond acceptors (Lipinski definition) is 7. The van der Waals surface area contributed by atoms with Crippen LogP contribution in [0.2, 0.25) is 0 Å². The van der Waals surface area contributed by atoms with E-state index in [4.69, 9.17) is 14.2 Å². The second-order valence-electron chi connectivity index (χ2n) is 16.2. The van der Waals surface area contributed by atoms with Crippen molar-refractivity contribution in [2.75, 3.05) is 6.61 Å². The Labute approximate surface area is 260 Å². The van der Waals surface area contributed by atoms with Crippen molar-refractivity contribution in [3.8, 4) is 0 Å². The van der Waals surface area contributed by atoms with Gasteiger partial charge in [0.15, 0.2) is 0 Å². The summed E-state index contributed by atoms with van der Waals surface area (Å²) >= 11 is 0. The molecule has 1 N–H and O–H groups in total. The number of carbonyl (C=O) groups excluding carboxylic acids is 3. The molecule has 0 bridgehead atoms. The molecule has 0 saturated heterocycles. The maximum atomic E-state index is 12.5. The number of rotatable bonds is 10. The summed E-state index contributed by atoms with van der Waals surface area (Å²) in [6.45, 7) is 16.7. The minimum atomic E-state index is -0.541. The van der Waals surface area contributed by atoms with Crippen LogP contribution in [0, 0.1) is 52.3 Å². The number of aliphatic hydroxyl groups excluding tert-OH is 1. The van der Waals surface area contributed by atoms with Gasteiger partial charge in [-0.05, 0) is 131 Å². The largest absolute Gasteiger partial charge is 0.465 e. The molecule has 4 saturated carbocycles. The number of aliphatic hydroxyl groups is 1. The number of esters is 3. The molecule has 0 amide bonds. The van der Waals surface area contributed by atoms with Crippen LogP contribution in [-0.2, 0) is 28.6 Å². The number of hydrogen-bond donors (Lipinski definition) is 1. The first kappa shape index (κ1) is 34.2. The third kappa shape index (κ3) is 7.44. The van der Waals surface area contributed by atoms with Gasteiger partial charge in [-0.1, -0.05) is 34.6 Å². The fourth-order valence-corrected chi connectivity index (χ4v) is 9.97. The van der Waals surface area contributed by atoms with Crippen molar-refractivity contribution >= 4 is 17.9 Å². The minimum Gasteiger partial charge on any atom is -0.465 e. The predicted octanol–water partition coefficient (Wildman–Crippen LogP) is 7.27. The van der Waals surface area contributed by atoms with E-state index in [-0.39, 0.29) is 59.9 Å². The van der Waals surface area contributed by atoms with E-state index in [1.165, 1.54) is 6.42 Å². The lowest BCUT2D eigenvalue weighted by Crippen LogP contribution is -2.58. The van der Waals surface area contributed by atoms with E-state index in [0.717, 1.165) is 57.8 Å². The van der Waals surface area contributed by atoms with Gasteiger partial charge in [-0.3, -0.25) is 14.4 Å². The lowest BCUT2D eigenvalue weighted by molar-refractivity contribution is -0.184. The quantitative estimate of drug-likeness (QED) is 0.207. The molecule has 0 spiro atoms. The van der Waals surface area contributed by atoms with Crippen molar-refractivity contribution in [2.24, 2.45) is 52.3 Å². The summed E-state index contributed by atoms with van der Waals surface area (Å²) < 4.78 is 16.6. The van der Waals surface area contributed by atoms with Gasteiger partial charge in [-0.2, -0.15) is 0 Å². The van der Waals surface area contributed by atoms with Gasteiger partial charge in [0, 0.05) is 6.42 Å². The van der Waals surface area contributed by atoms with Crippen LogP contribution in [0.25, 0.3) is 0 Å². The molecule has 4 fully saturated rings. The normalized spacial score (nSPS) is 38.6. The highest BCUT2D eigenvalue weighted by Crippen LogP contribution is 2.68. The fourth-order valence-electron chi connectivity index (χ4n) is 9.97. The van der Waals surface area contributed by atoms with Crippen LogP contribution in [0.3, 0.4) is 0 Å². The topological polar surface area (TPSA) is 99.1 Å². The average molecular weight is 605 g/mol. The molecule has 7 heteroatoms. The van der Waals surface area contributed by atoms with Crippen LogP contribution in [-0.4, -0.2) is 47.4 Å². The van der Waals surface area contributed by atoms with E-state index in [0.29, 0.717) is 41.9 Å². The van der Waals surface area contributed by atoms with Gasteiger partial charge < -0.3 is 19.3 Å². The molecule has 0 aromatic heterocycles. The Bertz CT molecular complexity index is 1000. The van der Waals surface area contributed by atoms with Crippen LogP contribution in [0.15, 0.2) is 0 Å². The van der Waals surface area contributed by atoms with Crippen molar-refractivity contribution in [2.45, 2.75) is 150 Å². The minimum absolute atomic E-state index is 0.0158. The van der Waals surface area contributed by atoms with Crippen molar-refractivity contribution < 1.29 is 33.7 Å². The van der Waals surface area contributed by atoms with Crippen LogP contribution < -0.4 is 0 Å². The van der Waals surface area contributed by atoms with Crippen LogP contribution in [0.1, 0.15) is 132 Å². The standard InChI is InChI=1S/C36H60O7/c1-9-22(2)33(40)42-25-14-17-35(7)24(20-25)21-29(37)32-27-12-11-26(36(27,8)18-15-28(32)35)23(3)10-13-30(38)41-19-16-31(39)43-34(4,5)6/h22-29,32,37H,9-21H2,1-8H3. The molecule has 11 unspecified atom stereocenters. The molecule has 4 aliphatic rings. The Hall–Kier alpha value is -1.63. The Morgan fingerprint density at radius 2 is 1.58 bits per heavy atom. The first-order valence-electron chi connectivity index (χ1n) is 17.3. The van der Waals surface area contributed by atoms with Gasteiger partial charge in [0.1, 0.15) is 18.3 Å². The highest BCUT2D eigenvalue weighted by molar-refractivity contribution is 5.72. The second kappa shape index (κ2) is 13.4. The van der Waals surface area contributed by atoms with Gasteiger partial charge in [0.2, 0.25) is 0 Å². The molecule has 11 atom stereocenters. The highest BCUT2D eigenvalue weighted by atomic mass is 16.6. The molecule has 0 aromatic carbocycles. The van der Waals surface area contributed by atoms with Crippen molar-refractivity contribution in [3.63, 3.8) is 0 Å². The molecule has 7 nitrogen and oxygen atoms in total. The summed E-state index contributed by atoms with van der Waals surface area (Å²) in [6.07, 6.45) is 10.0. The number of ether oxygens (including phenoxy) is 3. The van der Waals surface area contributed by atoms with Crippen LogP contribution in [0.5, 0.6) is 0 Å². The Balaban J connectivity index is 1.31. The molecule has 0 heterocycles. The van der Waals surface area contributed by atoms with E-state index in [1.807, 2.05) is 34.6 Å². The van der Waals surface area contributed by atoms with E-state index < -0.39 is 5.60 Å². The maximum Gasteiger partial charge on any atom is 0.309 e. The monoisotopic (exact) mass is 604 g/mol. The summed E-state index contributed by atoms with van der Waals surface area (Å²) in [5.41, 5.74) is -0.174. The molecule has 43 heavy (non-hydrogen) atoms. The third-order valence-electron chi connectivity index (χ3n) is 12.5. The molecule has 0 radical (unpaired) electrons. The maximum absolute atomic E-state index is 12.5. The molecule has 0 aromatic rings. The Kier molecular flexibility index (Phi) is 10.7. The Morgan fingerprint density at radius 1 is 0.907 bits per heavy atom. The zero-order valence-electron chi connectivity index (χ0n) is 28.3. The molecule has 4 aliphatic carbocycles. The van der Waals surface area contributed by atoms with Crippen LogP contribution >= 0.6 is 0 Å². The number of fused-ring (bicyclic) bond motifs is 5. The number of carbonyl (C=O) groups is 3. The van der Waals surface area contributed by atoms with E-state index in [1.54, 1.807) is 0 Å². The predicted molar refractivity (Wildman–Crippen MR) is 166 cm³/mol. The second-order valence-corrected chi connectivity index (χ2v) is 16.2. The Morgan fingerprint density at radius 3 is 2.26 bits per heavy atom. The van der Waals surface area contributed by atoms with Gasteiger partial charge in [0.05, 0.1) is 18.4 Å². The summed E-state index contributed by atoms with van der Waals surface area (Å²) in [5.74, 6) is 1.95. The van der Waals surface area contributed by atoms with Gasteiger partial charge in [-0.25, -0.2) is 0 Å². The summed E-state index contributed by atoms with van der Waals surface area (Å²) in [7, 11) is 0. The summed E-state index contributed by atoms with van der Waals surface area (Å²) in [6, 6.07) is 0. The van der Waals surface area contributed by atoms with Gasteiger partial charge in [0.25, 0.3) is 0 Å². The average Bonchev–Trinajstić information content (AvgIpc) is 3.28. The van der Waals surface area contributed by atoms with E-state index in [9.17, 15) is 19.5 Å².